The van der Waals surface area contributed by atoms with E-state index in [4.69, 9.17) is 10.5 Å². The van der Waals surface area contributed by atoms with Crippen LogP contribution in [0.1, 0.15) is 84.0 Å². The maximum Gasteiger partial charge on any atom is 0.322 e. The van der Waals surface area contributed by atoms with Crippen molar-refractivity contribution in [1.29, 1.82) is 0 Å². The van der Waals surface area contributed by atoms with E-state index in [0.717, 1.165) is 12.8 Å². The zero-order valence-electron chi connectivity index (χ0n) is 13.8. The Hall–Kier alpha value is -0.220. The summed E-state index contributed by atoms with van der Waals surface area (Å²) in [6.45, 7) is 2.77. The van der Waals surface area contributed by atoms with Crippen LogP contribution in [0.15, 0.2) is 0 Å². The Kier molecular flexibility index (Phi) is 16.0. The highest BCUT2D eigenvalue weighted by Gasteiger charge is 2.13. The molecule has 0 aromatic carbocycles. The normalized spacial score (nSPS) is 12.3. The van der Waals surface area contributed by atoms with Crippen LogP contribution in [0.3, 0.4) is 0 Å². The van der Waals surface area contributed by atoms with E-state index in [1.54, 1.807) is 0 Å². The van der Waals surface area contributed by atoms with Gasteiger partial charge >= 0.3 is 5.97 Å². The maximum absolute atomic E-state index is 11.4. The van der Waals surface area contributed by atoms with Crippen LogP contribution in [0.25, 0.3) is 0 Å². The van der Waals surface area contributed by atoms with Crippen LogP contribution in [0.5, 0.6) is 0 Å². The molecular formula is C17H35NO2S. The number of hydrogen-bond donors (Lipinski definition) is 2. The molecule has 0 saturated heterocycles. The molecule has 1 unspecified atom stereocenters. The van der Waals surface area contributed by atoms with E-state index in [1.807, 2.05) is 0 Å². The highest BCUT2D eigenvalue weighted by Crippen LogP contribution is 2.11. The van der Waals surface area contributed by atoms with E-state index in [-0.39, 0.29) is 5.97 Å². The third-order valence-corrected chi connectivity index (χ3v) is 3.99. The first kappa shape index (κ1) is 20.8. The average molecular weight is 318 g/mol. The number of esters is 1. The SMILES string of the molecule is CCCCCCCCCCCCCOC(=O)C(N)CCS. The molecule has 0 amide bonds. The fourth-order valence-electron chi connectivity index (χ4n) is 2.30. The van der Waals surface area contributed by atoms with Crippen molar-refractivity contribution in [3.63, 3.8) is 0 Å². The lowest BCUT2D eigenvalue weighted by molar-refractivity contribution is -0.145. The number of carbonyl (C=O) groups excluding carboxylic acids is 1. The molecule has 0 aromatic rings. The monoisotopic (exact) mass is 317 g/mol. The number of unbranched alkanes of at least 4 members (excludes halogenated alkanes) is 10. The number of hydrogen-bond acceptors (Lipinski definition) is 4. The highest BCUT2D eigenvalue weighted by atomic mass is 32.1. The molecule has 2 N–H and O–H groups in total. The average Bonchev–Trinajstić information content (AvgIpc) is 2.48. The van der Waals surface area contributed by atoms with E-state index in [9.17, 15) is 4.79 Å². The Bertz CT molecular complexity index is 237. The van der Waals surface area contributed by atoms with Crippen molar-refractivity contribution in [3.05, 3.63) is 0 Å². The van der Waals surface area contributed by atoms with Gasteiger partial charge in [0.15, 0.2) is 0 Å². The number of rotatable bonds is 15. The molecule has 0 aliphatic carbocycles. The molecule has 0 aromatic heterocycles. The Labute approximate surface area is 136 Å². The van der Waals surface area contributed by atoms with Gasteiger partial charge in [-0.1, -0.05) is 71.1 Å². The largest absolute Gasteiger partial charge is 0.465 e. The fraction of sp³-hybridized carbons (Fsp3) is 0.941. The molecule has 126 valence electrons. The van der Waals surface area contributed by atoms with Gasteiger partial charge in [-0.3, -0.25) is 4.79 Å². The summed E-state index contributed by atoms with van der Waals surface area (Å²) in [5, 5.41) is 0. The van der Waals surface area contributed by atoms with Gasteiger partial charge in [-0.2, -0.15) is 12.6 Å². The smallest absolute Gasteiger partial charge is 0.322 e. The zero-order valence-corrected chi connectivity index (χ0v) is 14.7. The molecule has 3 nitrogen and oxygen atoms in total. The molecule has 0 heterocycles. The summed E-state index contributed by atoms with van der Waals surface area (Å²) in [5.74, 6) is 0.338. The van der Waals surface area contributed by atoms with Crippen LogP contribution in [0.2, 0.25) is 0 Å². The van der Waals surface area contributed by atoms with E-state index in [2.05, 4.69) is 19.6 Å². The summed E-state index contributed by atoms with van der Waals surface area (Å²) >= 11 is 4.06. The molecule has 0 rings (SSSR count). The van der Waals surface area contributed by atoms with Crippen LogP contribution < -0.4 is 5.73 Å². The second-order valence-corrected chi connectivity index (χ2v) is 6.27. The first-order valence-electron chi connectivity index (χ1n) is 8.75. The second-order valence-electron chi connectivity index (χ2n) is 5.82. The quantitative estimate of drug-likeness (QED) is 0.266. The van der Waals surface area contributed by atoms with Crippen LogP contribution in [-0.4, -0.2) is 24.4 Å². The van der Waals surface area contributed by atoms with E-state index in [0.29, 0.717) is 18.8 Å². The van der Waals surface area contributed by atoms with Crippen molar-refractivity contribution >= 4 is 18.6 Å². The minimum absolute atomic E-state index is 0.281. The Morgan fingerprint density at radius 2 is 1.43 bits per heavy atom. The molecule has 0 saturated carbocycles. The van der Waals surface area contributed by atoms with Crippen molar-refractivity contribution in [2.45, 2.75) is 90.0 Å². The van der Waals surface area contributed by atoms with Crippen molar-refractivity contribution in [3.8, 4) is 0 Å². The Morgan fingerprint density at radius 1 is 0.952 bits per heavy atom. The van der Waals surface area contributed by atoms with Crippen molar-refractivity contribution in [1.82, 2.24) is 0 Å². The molecule has 0 fully saturated rings. The Morgan fingerprint density at radius 3 is 1.90 bits per heavy atom. The molecule has 0 aliphatic heterocycles. The summed E-state index contributed by atoms with van der Waals surface area (Å²) in [5.41, 5.74) is 5.64. The number of carbonyl (C=O) groups is 1. The molecule has 4 heteroatoms. The van der Waals surface area contributed by atoms with Gasteiger partial charge in [0.2, 0.25) is 0 Å². The molecular weight excluding hydrogens is 282 g/mol. The minimum atomic E-state index is -0.504. The van der Waals surface area contributed by atoms with E-state index in [1.165, 1.54) is 57.8 Å². The zero-order chi connectivity index (χ0) is 15.8. The van der Waals surface area contributed by atoms with Crippen molar-refractivity contribution < 1.29 is 9.53 Å². The lowest BCUT2D eigenvalue weighted by Crippen LogP contribution is -2.32. The molecule has 21 heavy (non-hydrogen) atoms. The van der Waals surface area contributed by atoms with Crippen molar-refractivity contribution in [2.75, 3.05) is 12.4 Å². The topological polar surface area (TPSA) is 52.3 Å². The van der Waals surface area contributed by atoms with Crippen LogP contribution in [-0.2, 0) is 9.53 Å². The third kappa shape index (κ3) is 14.5. The van der Waals surface area contributed by atoms with Crippen LogP contribution in [0.4, 0.5) is 0 Å². The van der Waals surface area contributed by atoms with Crippen molar-refractivity contribution in [2.24, 2.45) is 5.73 Å². The van der Waals surface area contributed by atoms with Gasteiger partial charge < -0.3 is 10.5 Å². The lowest BCUT2D eigenvalue weighted by atomic mass is 10.1. The first-order chi connectivity index (χ1) is 10.2. The Balaban J connectivity index is 3.17. The van der Waals surface area contributed by atoms with E-state index >= 15 is 0 Å². The number of nitrogens with two attached hydrogens (primary N) is 1. The van der Waals surface area contributed by atoms with Gasteiger partial charge in [0.1, 0.15) is 6.04 Å². The molecule has 0 radical (unpaired) electrons. The standard InChI is InChI=1S/C17H35NO2S/c1-2-3-4-5-6-7-8-9-10-11-12-14-20-17(19)16(18)13-15-21/h16,21H,2-15,18H2,1H3. The fourth-order valence-corrected chi connectivity index (χ4v) is 2.58. The summed E-state index contributed by atoms with van der Waals surface area (Å²) in [4.78, 5) is 11.4. The van der Waals surface area contributed by atoms with Gasteiger partial charge in [0, 0.05) is 0 Å². The second kappa shape index (κ2) is 16.2. The summed E-state index contributed by atoms with van der Waals surface area (Å²) in [6.07, 6.45) is 14.8. The maximum atomic E-state index is 11.4. The summed E-state index contributed by atoms with van der Waals surface area (Å²) in [6, 6.07) is -0.504. The molecule has 1 atom stereocenters. The number of ether oxygens (including phenoxy) is 1. The van der Waals surface area contributed by atoms with Crippen LogP contribution in [0, 0.1) is 0 Å². The molecule has 0 spiro atoms. The third-order valence-electron chi connectivity index (χ3n) is 3.74. The molecule has 0 bridgehead atoms. The van der Waals surface area contributed by atoms with Gasteiger partial charge in [0.25, 0.3) is 0 Å². The van der Waals surface area contributed by atoms with Gasteiger partial charge in [-0.15, -0.1) is 0 Å². The highest BCUT2D eigenvalue weighted by molar-refractivity contribution is 7.80. The minimum Gasteiger partial charge on any atom is -0.465 e. The summed E-state index contributed by atoms with van der Waals surface area (Å²) < 4.78 is 5.14. The first-order valence-corrected chi connectivity index (χ1v) is 9.38. The summed E-state index contributed by atoms with van der Waals surface area (Å²) in [7, 11) is 0. The molecule has 0 aliphatic rings. The van der Waals surface area contributed by atoms with E-state index < -0.39 is 6.04 Å². The van der Waals surface area contributed by atoms with Gasteiger partial charge in [-0.25, -0.2) is 0 Å². The van der Waals surface area contributed by atoms with Gasteiger partial charge in [-0.05, 0) is 18.6 Å². The number of thiol groups is 1. The lowest BCUT2D eigenvalue weighted by Gasteiger charge is -2.10. The van der Waals surface area contributed by atoms with Gasteiger partial charge in [0.05, 0.1) is 6.61 Å². The predicted octanol–water partition coefficient (Wildman–Crippen LogP) is 4.49. The predicted molar refractivity (Wildman–Crippen MR) is 93.9 cm³/mol. The van der Waals surface area contributed by atoms with Crippen LogP contribution >= 0.6 is 12.6 Å².